The number of thiophene rings is 1. The van der Waals surface area contributed by atoms with Crippen molar-refractivity contribution in [3.63, 3.8) is 0 Å². The standard InChI is InChI=1S/C14H19N3OS2/c1-4-17(11(3)18)14-16-12(9-20-14)7-15-8-13-10(2)5-6-19-13/h5-6,9,15H,4,7-8H2,1-3H3. The van der Waals surface area contributed by atoms with Crippen molar-refractivity contribution < 1.29 is 4.79 Å². The zero-order chi connectivity index (χ0) is 14.5. The second-order valence-corrected chi connectivity index (χ2v) is 6.35. The Morgan fingerprint density at radius 2 is 2.20 bits per heavy atom. The van der Waals surface area contributed by atoms with Gasteiger partial charge in [-0.2, -0.15) is 0 Å². The molecule has 1 N–H and O–H groups in total. The van der Waals surface area contributed by atoms with Crippen LogP contribution in [-0.4, -0.2) is 17.4 Å². The molecule has 2 rings (SSSR count). The SMILES string of the molecule is CCN(C(C)=O)c1nc(CNCc2sccc2C)cs1. The monoisotopic (exact) mass is 309 g/mol. The van der Waals surface area contributed by atoms with Gasteiger partial charge in [0.1, 0.15) is 0 Å². The van der Waals surface area contributed by atoms with Gasteiger partial charge in [-0.25, -0.2) is 4.98 Å². The molecule has 0 bridgehead atoms. The van der Waals surface area contributed by atoms with Gasteiger partial charge in [-0.15, -0.1) is 22.7 Å². The van der Waals surface area contributed by atoms with Crippen molar-refractivity contribution in [2.24, 2.45) is 0 Å². The number of nitrogens with zero attached hydrogens (tertiary/aromatic N) is 2. The average molecular weight is 309 g/mol. The number of amides is 1. The van der Waals surface area contributed by atoms with Crippen molar-refractivity contribution in [1.29, 1.82) is 0 Å². The third kappa shape index (κ3) is 3.65. The lowest BCUT2D eigenvalue weighted by Crippen LogP contribution is -2.27. The zero-order valence-corrected chi connectivity index (χ0v) is 13.6. The third-order valence-corrected chi connectivity index (χ3v) is 4.96. The minimum Gasteiger partial charge on any atom is -0.306 e. The van der Waals surface area contributed by atoms with Gasteiger partial charge < -0.3 is 5.32 Å². The van der Waals surface area contributed by atoms with Crippen molar-refractivity contribution in [3.05, 3.63) is 33.0 Å². The highest BCUT2D eigenvalue weighted by Crippen LogP contribution is 2.21. The summed E-state index contributed by atoms with van der Waals surface area (Å²) in [7, 11) is 0. The van der Waals surface area contributed by atoms with Crippen molar-refractivity contribution in [3.8, 4) is 0 Å². The second-order valence-electron chi connectivity index (χ2n) is 4.52. The van der Waals surface area contributed by atoms with Gasteiger partial charge in [-0.05, 0) is 30.9 Å². The first-order valence-corrected chi connectivity index (χ1v) is 8.34. The van der Waals surface area contributed by atoms with Crippen molar-refractivity contribution in [1.82, 2.24) is 10.3 Å². The summed E-state index contributed by atoms with van der Waals surface area (Å²) >= 11 is 3.29. The highest BCUT2D eigenvalue weighted by atomic mass is 32.1. The van der Waals surface area contributed by atoms with Gasteiger partial charge in [-0.3, -0.25) is 9.69 Å². The lowest BCUT2D eigenvalue weighted by atomic mass is 10.3. The van der Waals surface area contributed by atoms with E-state index in [0.29, 0.717) is 6.54 Å². The van der Waals surface area contributed by atoms with Crippen LogP contribution < -0.4 is 10.2 Å². The van der Waals surface area contributed by atoms with E-state index in [1.807, 2.05) is 12.3 Å². The quantitative estimate of drug-likeness (QED) is 0.891. The molecule has 2 aromatic heterocycles. The summed E-state index contributed by atoms with van der Waals surface area (Å²) in [5.41, 5.74) is 2.31. The summed E-state index contributed by atoms with van der Waals surface area (Å²) in [5, 5.41) is 8.30. The van der Waals surface area contributed by atoms with E-state index in [0.717, 1.165) is 23.9 Å². The Labute approximate surface area is 127 Å². The van der Waals surface area contributed by atoms with E-state index in [2.05, 4.69) is 28.7 Å². The highest BCUT2D eigenvalue weighted by Gasteiger charge is 2.13. The average Bonchev–Trinajstić information content (AvgIpc) is 3.01. The number of hydrogen-bond donors (Lipinski definition) is 1. The van der Waals surface area contributed by atoms with E-state index in [4.69, 9.17) is 0 Å². The van der Waals surface area contributed by atoms with Gasteiger partial charge in [0.25, 0.3) is 0 Å². The van der Waals surface area contributed by atoms with Crippen molar-refractivity contribution in [2.75, 3.05) is 11.4 Å². The van der Waals surface area contributed by atoms with Crippen LogP contribution in [0.25, 0.3) is 0 Å². The Bertz CT molecular complexity index is 576. The molecule has 0 radical (unpaired) electrons. The van der Waals surface area contributed by atoms with E-state index in [1.54, 1.807) is 23.2 Å². The molecule has 0 fully saturated rings. The number of carbonyl (C=O) groups is 1. The molecule has 0 aliphatic rings. The molecule has 2 heterocycles. The predicted octanol–water partition coefficient (Wildman–Crippen LogP) is 3.18. The topological polar surface area (TPSA) is 45.2 Å². The van der Waals surface area contributed by atoms with Gasteiger partial charge in [0, 0.05) is 36.8 Å². The maximum Gasteiger partial charge on any atom is 0.225 e. The molecule has 0 aromatic carbocycles. The maximum atomic E-state index is 11.5. The number of aromatic nitrogens is 1. The van der Waals surface area contributed by atoms with Gasteiger partial charge in [0.2, 0.25) is 5.91 Å². The van der Waals surface area contributed by atoms with Gasteiger partial charge in [0.15, 0.2) is 5.13 Å². The largest absolute Gasteiger partial charge is 0.306 e. The van der Waals surface area contributed by atoms with Crippen LogP contribution in [0.4, 0.5) is 5.13 Å². The minimum absolute atomic E-state index is 0.0376. The first-order chi connectivity index (χ1) is 9.61. The van der Waals surface area contributed by atoms with Crippen LogP contribution in [0.2, 0.25) is 0 Å². The smallest absolute Gasteiger partial charge is 0.225 e. The highest BCUT2D eigenvalue weighted by molar-refractivity contribution is 7.14. The molecule has 0 saturated heterocycles. The molecule has 0 aliphatic heterocycles. The third-order valence-electron chi connectivity index (χ3n) is 3.03. The molecule has 4 nitrogen and oxygen atoms in total. The molecule has 20 heavy (non-hydrogen) atoms. The minimum atomic E-state index is 0.0376. The number of hydrogen-bond acceptors (Lipinski definition) is 5. The summed E-state index contributed by atoms with van der Waals surface area (Å²) in [6, 6.07) is 2.13. The van der Waals surface area contributed by atoms with Crippen LogP contribution in [0.1, 0.15) is 30.0 Å². The number of aryl methyl sites for hydroxylation is 1. The van der Waals surface area contributed by atoms with E-state index in [-0.39, 0.29) is 5.91 Å². The van der Waals surface area contributed by atoms with E-state index in [9.17, 15) is 4.79 Å². The molecule has 6 heteroatoms. The van der Waals surface area contributed by atoms with E-state index in [1.165, 1.54) is 21.8 Å². The van der Waals surface area contributed by atoms with Crippen LogP contribution in [0.3, 0.4) is 0 Å². The fourth-order valence-corrected chi connectivity index (χ4v) is 3.69. The van der Waals surface area contributed by atoms with Crippen molar-refractivity contribution >= 4 is 33.7 Å². The Morgan fingerprint density at radius 1 is 1.40 bits per heavy atom. The van der Waals surface area contributed by atoms with Crippen LogP contribution in [0, 0.1) is 6.92 Å². The Kier molecular flexibility index (Phi) is 5.28. The molecular weight excluding hydrogens is 290 g/mol. The molecule has 0 aliphatic carbocycles. The zero-order valence-electron chi connectivity index (χ0n) is 12.0. The second kappa shape index (κ2) is 6.97. The molecule has 0 saturated carbocycles. The lowest BCUT2D eigenvalue weighted by Gasteiger charge is -2.14. The number of carbonyl (C=O) groups excluding carboxylic acids is 1. The summed E-state index contributed by atoms with van der Waals surface area (Å²) in [6.45, 7) is 7.90. The Hall–Kier alpha value is -1.24. The van der Waals surface area contributed by atoms with E-state index >= 15 is 0 Å². The van der Waals surface area contributed by atoms with Gasteiger partial charge >= 0.3 is 0 Å². The predicted molar refractivity (Wildman–Crippen MR) is 85.4 cm³/mol. The summed E-state index contributed by atoms with van der Waals surface area (Å²) in [5.74, 6) is 0.0376. The van der Waals surface area contributed by atoms with Gasteiger partial charge in [-0.1, -0.05) is 0 Å². The molecule has 108 valence electrons. The normalized spacial score (nSPS) is 10.8. The summed E-state index contributed by atoms with van der Waals surface area (Å²) < 4.78 is 0. The molecule has 0 spiro atoms. The molecule has 0 unspecified atom stereocenters. The number of anilines is 1. The summed E-state index contributed by atoms with van der Waals surface area (Å²) in [6.07, 6.45) is 0. The lowest BCUT2D eigenvalue weighted by molar-refractivity contribution is -0.116. The van der Waals surface area contributed by atoms with Crippen LogP contribution in [0.5, 0.6) is 0 Å². The van der Waals surface area contributed by atoms with Gasteiger partial charge in [0.05, 0.1) is 5.69 Å². The van der Waals surface area contributed by atoms with E-state index < -0.39 is 0 Å². The maximum absolute atomic E-state index is 11.5. The first-order valence-electron chi connectivity index (χ1n) is 6.58. The fraction of sp³-hybridized carbons (Fsp3) is 0.429. The van der Waals surface area contributed by atoms with Crippen LogP contribution in [-0.2, 0) is 17.9 Å². The summed E-state index contributed by atoms with van der Waals surface area (Å²) in [4.78, 5) is 19.0. The molecular formula is C14H19N3OS2. The molecule has 2 aromatic rings. The molecule has 1 amide bonds. The van der Waals surface area contributed by atoms with Crippen LogP contribution in [0.15, 0.2) is 16.8 Å². The number of rotatable bonds is 6. The van der Waals surface area contributed by atoms with Crippen LogP contribution >= 0.6 is 22.7 Å². The van der Waals surface area contributed by atoms with Crippen molar-refractivity contribution in [2.45, 2.75) is 33.9 Å². The number of nitrogens with one attached hydrogen (secondary N) is 1. The Morgan fingerprint density at radius 3 is 2.80 bits per heavy atom. The fourth-order valence-electron chi connectivity index (χ4n) is 1.88. The number of thiazole rings is 1. The first kappa shape index (κ1) is 15.2. The molecule has 0 atom stereocenters. The Balaban J connectivity index is 1.90.